The fraction of sp³-hybridized carbons (Fsp3) is 0.208. The fourth-order valence-electron chi connectivity index (χ4n) is 3.71. The second kappa shape index (κ2) is 10.6. The molecule has 0 unspecified atom stereocenters. The molecule has 1 amide bonds. The predicted octanol–water partition coefficient (Wildman–Crippen LogP) is 1.69. The number of carbonyl (C=O) groups is 2. The summed E-state index contributed by atoms with van der Waals surface area (Å²) < 4.78 is 7.68. The smallest absolute Gasteiger partial charge is 0.338 e. The summed E-state index contributed by atoms with van der Waals surface area (Å²) in [6.07, 6.45) is 2.83. The largest absolute Gasteiger partial charge is 0.465 e. The van der Waals surface area contributed by atoms with Gasteiger partial charge in [-0.2, -0.15) is 5.10 Å². The molecule has 184 valence electrons. The van der Waals surface area contributed by atoms with E-state index in [9.17, 15) is 24.5 Å². The van der Waals surface area contributed by atoms with E-state index in [1.807, 2.05) is 0 Å². The topological polar surface area (TPSA) is 151 Å². The van der Waals surface area contributed by atoms with Crippen molar-refractivity contribution < 1.29 is 19.2 Å². The van der Waals surface area contributed by atoms with Crippen LogP contribution in [0.25, 0.3) is 11.0 Å². The van der Waals surface area contributed by atoms with Gasteiger partial charge in [-0.05, 0) is 17.2 Å². The lowest BCUT2D eigenvalue weighted by atomic mass is 10.0. The minimum Gasteiger partial charge on any atom is -0.465 e. The van der Waals surface area contributed by atoms with Crippen molar-refractivity contribution in [1.29, 1.82) is 0 Å². The molecule has 12 heteroatoms. The summed E-state index contributed by atoms with van der Waals surface area (Å²) in [7, 11) is 1.28. The van der Waals surface area contributed by atoms with Crippen LogP contribution in [0.1, 0.15) is 21.5 Å². The van der Waals surface area contributed by atoms with Crippen molar-refractivity contribution in [3.63, 3.8) is 0 Å². The van der Waals surface area contributed by atoms with E-state index < -0.39 is 10.9 Å². The van der Waals surface area contributed by atoms with Crippen LogP contribution in [0.5, 0.6) is 0 Å². The summed E-state index contributed by atoms with van der Waals surface area (Å²) in [4.78, 5) is 51.8. The molecular formula is C24H22N6O6. The molecule has 0 saturated carbocycles. The number of rotatable bonds is 9. The van der Waals surface area contributed by atoms with Crippen LogP contribution in [0, 0.1) is 10.1 Å². The SMILES string of the molecule is COC(=O)c1ccccc1CC(=O)NCCn1ncc2c(=O)n(Cc3ccc([N+](=O)[O-])cc3)cnc21. The predicted molar refractivity (Wildman–Crippen MR) is 128 cm³/mol. The number of ether oxygens (including phenoxy) is 1. The maximum atomic E-state index is 12.9. The van der Waals surface area contributed by atoms with Crippen LogP contribution >= 0.6 is 0 Å². The Balaban J connectivity index is 1.39. The first-order chi connectivity index (χ1) is 17.4. The quantitative estimate of drug-likeness (QED) is 0.211. The van der Waals surface area contributed by atoms with E-state index in [1.54, 1.807) is 36.4 Å². The molecule has 4 aromatic rings. The molecule has 0 radical (unpaired) electrons. The van der Waals surface area contributed by atoms with Gasteiger partial charge in [0.25, 0.3) is 11.2 Å². The number of hydrogen-bond donors (Lipinski definition) is 1. The lowest BCUT2D eigenvalue weighted by Crippen LogP contribution is -2.29. The molecule has 12 nitrogen and oxygen atoms in total. The van der Waals surface area contributed by atoms with Gasteiger partial charge in [-0.1, -0.05) is 30.3 Å². The summed E-state index contributed by atoms with van der Waals surface area (Å²) in [5.41, 5.74) is 1.66. The lowest BCUT2D eigenvalue weighted by molar-refractivity contribution is -0.384. The molecule has 2 aromatic heterocycles. The second-order valence-electron chi connectivity index (χ2n) is 7.88. The molecule has 0 bridgehead atoms. The first-order valence-electron chi connectivity index (χ1n) is 10.9. The highest BCUT2D eigenvalue weighted by molar-refractivity contribution is 5.93. The number of amides is 1. The number of benzene rings is 2. The number of esters is 1. The number of fused-ring (bicyclic) bond motifs is 1. The van der Waals surface area contributed by atoms with Crippen molar-refractivity contribution in [2.75, 3.05) is 13.7 Å². The Labute approximate surface area is 204 Å². The van der Waals surface area contributed by atoms with Gasteiger partial charge in [-0.15, -0.1) is 0 Å². The van der Waals surface area contributed by atoms with Crippen LogP contribution in [0.2, 0.25) is 0 Å². The lowest BCUT2D eigenvalue weighted by Gasteiger charge is -2.09. The molecule has 0 aliphatic carbocycles. The van der Waals surface area contributed by atoms with E-state index in [0.717, 1.165) is 0 Å². The van der Waals surface area contributed by atoms with Crippen LogP contribution in [0.15, 0.2) is 65.8 Å². The molecule has 0 atom stereocenters. The van der Waals surface area contributed by atoms with E-state index >= 15 is 0 Å². The number of hydrogen-bond acceptors (Lipinski definition) is 8. The third-order valence-electron chi connectivity index (χ3n) is 5.54. The molecule has 0 fully saturated rings. The van der Waals surface area contributed by atoms with E-state index in [1.165, 1.54) is 41.0 Å². The number of nitrogens with zero attached hydrogens (tertiary/aromatic N) is 5. The standard InChI is InChI=1S/C24H22N6O6/c1-36-24(33)19-5-3-2-4-17(19)12-21(31)25-10-11-29-22-20(13-27-29)23(32)28(15-26-22)14-16-6-8-18(9-7-16)30(34)35/h2-9,13,15H,10-12,14H2,1H3,(H,25,31). The molecule has 2 aromatic carbocycles. The van der Waals surface area contributed by atoms with Gasteiger partial charge in [-0.3, -0.25) is 24.3 Å². The molecule has 0 aliphatic rings. The highest BCUT2D eigenvalue weighted by atomic mass is 16.6. The average molecular weight is 490 g/mol. The molecule has 0 spiro atoms. The number of carbonyl (C=O) groups excluding carboxylic acids is 2. The molecular weight excluding hydrogens is 468 g/mol. The highest BCUT2D eigenvalue weighted by Crippen LogP contribution is 2.13. The van der Waals surface area contributed by atoms with Crippen LogP contribution in [-0.2, 0) is 29.0 Å². The minimum absolute atomic E-state index is 0.0106. The Hall–Kier alpha value is -4.87. The number of aromatic nitrogens is 4. The molecule has 0 aliphatic heterocycles. The molecule has 0 saturated heterocycles. The van der Waals surface area contributed by atoms with E-state index in [-0.39, 0.29) is 43.2 Å². The Morgan fingerprint density at radius 3 is 2.61 bits per heavy atom. The number of nitrogens with one attached hydrogen (secondary N) is 1. The summed E-state index contributed by atoms with van der Waals surface area (Å²) in [6, 6.07) is 12.7. The van der Waals surface area contributed by atoms with Gasteiger partial charge in [-0.25, -0.2) is 14.5 Å². The van der Waals surface area contributed by atoms with Crippen LogP contribution in [0.3, 0.4) is 0 Å². The van der Waals surface area contributed by atoms with Gasteiger partial charge in [0.15, 0.2) is 5.65 Å². The van der Waals surface area contributed by atoms with Crippen molar-refractivity contribution in [3.05, 3.63) is 98.2 Å². The third-order valence-corrected chi connectivity index (χ3v) is 5.54. The summed E-state index contributed by atoms with van der Waals surface area (Å²) in [6.45, 7) is 0.726. The molecule has 4 rings (SSSR count). The average Bonchev–Trinajstić information content (AvgIpc) is 3.29. The van der Waals surface area contributed by atoms with Crippen molar-refractivity contribution in [2.24, 2.45) is 0 Å². The van der Waals surface area contributed by atoms with Gasteiger partial charge in [0.2, 0.25) is 5.91 Å². The highest BCUT2D eigenvalue weighted by Gasteiger charge is 2.15. The zero-order valence-corrected chi connectivity index (χ0v) is 19.3. The van der Waals surface area contributed by atoms with E-state index in [0.29, 0.717) is 27.7 Å². The Morgan fingerprint density at radius 1 is 1.14 bits per heavy atom. The zero-order chi connectivity index (χ0) is 25.7. The number of methoxy groups -OCH3 is 1. The number of nitro benzene ring substituents is 1. The maximum absolute atomic E-state index is 12.9. The minimum atomic E-state index is -0.508. The van der Waals surface area contributed by atoms with Crippen molar-refractivity contribution in [2.45, 2.75) is 19.5 Å². The molecule has 2 heterocycles. The monoisotopic (exact) mass is 490 g/mol. The Kier molecular flexibility index (Phi) is 7.14. The van der Waals surface area contributed by atoms with Crippen LogP contribution in [-0.4, -0.2) is 49.8 Å². The third kappa shape index (κ3) is 5.27. The van der Waals surface area contributed by atoms with Crippen LogP contribution < -0.4 is 10.9 Å². The van der Waals surface area contributed by atoms with E-state index in [4.69, 9.17) is 4.74 Å². The van der Waals surface area contributed by atoms with Crippen molar-refractivity contribution in [3.8, 4) is 0 Å². The van der Waals surface area contributed by atoms with Crippen LogP contribution in [0.4, 0.5) is 5.69 Å². The first-order valence-corrected chi connectivity index (χ1v) is 10.9. The normalized spacial score (nSPS) is 10.8. The Morgan fingerprint density at radius 2 is 1.89 bits per heavy atom. The number of nitro groups is 1. The van der Waals surface area contributed by atoms with Gasteiger partial charge in [0.1, 0.15) is 11.7 Å². The Bertz CT molecular complexity index is 1490. The van der Waals surface area contributed by atoms with Gasteiger partial charge >= 0.3 is 5.97 Å². The summed E-state index contributed by atoms with van der Waals surface area (Å²) >= 11 is 0. The fourth-order valence-corrected chi connectivity index (χ4v) is 3.71. The maximum Gasteiger partial charge on any atom is 0.338 e. The molecule has 1 N–H and O–H groups in total. The summed E-state index contributed by atoms with van der Waals surface area (Å²) in [5, 5.41) is 18.1. The molecule has 36 heavy (non-hydrogen) atoms. The van der Waals surface area contributed by atoms with E-state index in [2.05, 4.69) is 15.4 Å². The first kappa shape index (κ1) is 24.3. The van der Waals surface area contributed by atoms with Gasteiger partial charge in [0.05, 0.1) is 43.3 Å². The van der Waals surface area contributed by atoms with Gasteiger partial charge in [0, 0.05) is 18.7 Å². The number of non-ortho nitro benzene ring substituents is 1. The summed E-state index contributed by atoms with van der Waals surface area (Å²) in [5.74, 6) is -0.784. The van der Waals surface area contributed by atoms with Gasteiger partial charge < -0.3 is 10.1 Å². The zero-order valence-electron chi connectivity index (χ0n) is 19.3. The van der Waals surface area contributed by atoms with Crippen molar-refractivity contribution >= 4 is 28.6 Å². The second-order valence-corrected chi connectivity index (χ2v) is 7.88. The van der Waals surface area contributed by atoms with Crippen molar-refractivity contribution in [1.82, 2.24) is 24.6 Å².